The van der Waals surface area contributed by atoms with Crippen molar-refractivity contribution in [2.24, 2.45) is 5.92 Å². The molecule has 0 aliphatic heterocycles. The molecule has 1 aromatic rings. The summed E-state index contributed by atoms with van der Waals surface area (Å²) in [4.78, 5) is 18.9. The third kappa shape index (κ3) is 5.72. The lowest BCUT2D eigenvalue weighted by atomic mass is 10.0. The van der Waals surface area contributed by atoms with Crippen LogP contribution in [-0.2, 0) is 11.3 Å². The molecule has 0 bridgehead atoms. The SMILES string of the molecule is CC(CCCC(C)C(=O)O)NCc1ncccn1. The van der Waals surface area contributed by atoms with E-state index in [1.165, 1.54) is 0 Å². The van der Waals surface area contributed by atoms with Gasteiger partial charge in [0, 0.05) is 18.4 Å². The van der Waals surface area contributed by atoms with Gasteiger partial charge in [-0.25, -0.2) is 9.97 Å². The zero-order valence-corrected chi connectivity index (χ0v) is 11.0. The summed E-state index contributed by atoms with van der Waals surface area (Å²) in [7, 11) is 0. The molecule has 0 saturated carbocycles. The zero-order valence-electron chi connectivity index (χ0n) is 11.0. The van der Waals surface area contributed by atoms with Crippen LogP contribution in [0.1, 0.15) is 38.9 Å². The van der Waals surface area contributed by atoms with Crippen LogP contribution in [0.3, 0.4) is 0 Å². The molecule has 0 aromatic carbocycles. The number of nitrogens with zero attached hydrogens (tertiary/aromatic N) is 2. The van der Waals surface area contributed by atoms with Crippen molar-refractivity contribution in [2.75, 3.05) is 0 Å². The number of carboxylic acids is 1. The lowest BCUT2D eigenvalue weighted by Gasteiger charge is -2.13. The first-order valence-corrected chi connectivity index (χ1v) is 6.31. The first-order valence-electron chi connectivity index (χ1n) is 6.31. The fraction of sp³-hybridized carbons (Fsp3) is 0.615. The van der Waals surface area contributed by atoms with Crippen molar-refractivity contribution < 1.29 is 9.90 Å². The van der Waals surface area contributed by atoms with E-state index >= 15 is 0 Å². The van der Waals surface area contributed by atoms with E-state index in [-0.39, 0.29) is 5.92 Å². The maximum atomic E-state index is 10.7. The molecule has 0 aliphatic rings. The topological polar surface area (TPSA) is 75.1 Å². The molecule has 0 fully saturated rings. The number of nitrogens with one attached hydrogen (secondary N) is 1. The van der Waals surface area contributed by atoms with Gasteiger partial charge >= 0.3 is 5.97 Å². The van der Waals surface area contributed by atoms with Crippen LogP contribution < -0.4 is 5.32 Å². The first kappa shape index (κ1) is 14.6. The van der Waals surface area contributed by atoms with Crippen molar-refractivity contribution in [2.45, 2.75) is 45.7 Å². The van der Waals surface area contributed by atoms with Gasteiger partial charge in [-0.15, -0.1) is 0 Å². The summed E-state index contributed by atoms with van der Waals surface area (Å²) in [5, 5.41) is 12.1. The van der Waals surface area contributed by atoms with Gasteiger partial charge in [0.25, 0.3) is 0 Å². The van der Waals surface area contributed by atoms with Gasteiger partial charge in [0.15, 0.2) is 0 Å². The monoisotopic (exact) mass is 251 g/mol. The van der Waals surface area contributed by atoms with E-state index in [0.29, 0.717) is 12.6 Å². The standard InChI is InChI=1S/C13H21N3O2/c1-10(13(17)18)5-3-6-11(2)16-9-12-14-7-4-8-15-12/h4,7-8,10-11,16H,3,5-6,9H2,1-2H3,(H,17,18). The van der Waals surface area contributed by atoms with E-state index in [9.17, 15) is 4.79 Å². The van der Waals surface area contributed by atoms with Crippen LogP contribution in [0.5, 0.6) is 0 Å². The molecule has 2 atom stereocenters. The second-order valence-electron chi connectivity index (χ2n) is 4.62. The average molecular weight is 251 g/mol. The molecule has 1 heterocycles. The minimum Gasteiger partial charge on any atom is -0.481 e. The Morgan fingerprint density at radius 3 is 2.61 bits per heavy atom. The van der Waals surface area contributed by atoms with Gasteiger partial charge in [0.05, 0.1) is 12.5 Å². The van der Waals surface area contributed by atoms with Gasteiger partial charge in [0.1, 0.15) is 5.82 Å². The third-order valence-corrected chi connectivity index (χ3v) is 2.92. The Bertz CT molecular complexity index is 357. The number of rotatable bonds is 8. The summed E-state index contributed by atoms with van der Waals surface area (Å²) >= 11 is 0. The summed E-state index contributed by atoms with van der Waals surface area (Å²) in [6, 6.07) is 2.13. The third-order valence-electron chi connectivity index (χ3n) is 2.92. The van der Waals surface area contributed by atoms with Crippen LogP contribution in [0, 0.1) is 5.92 Å². The van der Waals surface area contributed by atoms with E-state index in [1.54, 1.807) is 25.4 Å². The summed E-state index contributed by atoms with van der Waals surface area (Å²) in [6.45, 7) is 4.49. The van der Waals surface area contributed by atoms with E-state index in [1.807, 2.05) is 0 Å². The maximum absolute atomic E-state index is 10.7. The van der Waals surface area contributed by atoms with Crippen molar-refractivity contribution in [1.29, 1.82) is 0 Å². The van der Waals surface area contributed by atoms with Crippen molar-refractivity contribution in [1.82, 2.24) is 15.3 Å². The normalized spacial score (nSPS) is 14.1. The molecule has 0 aliphatic carbocycles. The van der Waals surface area contributed by atoms with Gasteiger partial charge < -0.3 is 10.4 Å². The molecule has 18 heavy (non-hydrogen) atoms. The van der Waals surface area contributed by atoms with E-state index in [2.05, 4.69) is 22.2 Å². The Labute approximate surface area is 108 Å². The van der Waals surface area contributed by atoms with Gasteiger partial charge in [0.2, 0.25) is 0 Å². The maximum Gasteiger partial charge on any atom is 0.306 e. The van der Waals surface area contributed by atoms with Crippen LogP contribution in [0.25, 0.3) is 0 Å². The molecule has 2 N–H and O–H groups in total. The molecule has 0 saturated heterocycles. The van der Waals surface area contributed by atoms with Gasteiger partial charge in [-0.2, -0.15) is 0 Å². The zero-order chi connectivity index (χ0) is 13.4. The van der Waals surface area contributed by atoms with Crippen LogP contribution in [0.15, 0.2) is 18.5 Å². The van der Waals surface area contributed by atoms with Crippen LogP contribution >= 0.6 is 0 Å². The molecular weight excluding hydrogens is 230 g/mol. The molecule has 100 valence electrons. The van der Waals surface area contributed by atoms with E-state index in [0.717, 1.165) is 25.1 Å². The molecule has 0 spiro atoms. The van der Waals surface area contributed by atoms with E-state index in [4.69, 9.17) is 5.11 Å². The number of carboxylic acid groups (broad SMARTS) is 1. The van der Waals surface area contributed by atoms with Crippen LogP contribution in [0.2, 0.25) is 0 Å². The number of aliphatic carboxylic acids is 1. The Morgan fingerprint density at radius 2 is 2.00 bits per heavy atom. The van der Waals surface area contributed by atoms with Crippen molar-refractivity contribution in [3.8, 4) is 0 Å². The van der Waals surface area contributed by atoms with Gasteiger partial charge in [-0.3, -0.25) is 4.79 Å². The second kappa shape index (κ2) is 7.76. The lowest BCUT2D eigenvalue weighted by molar-refractivity contribution is -0.141. The highest BCUT2D eigenvalue weighted by atomic mass is 16.4. The average Bonchev–Trinajstić information content (AvgIpc) is 2.37. The molecular formula is C13H21N3O2. The highest BCUT2D eigenvalue weighted by molar-refractivity contribution is 5.69. The number of aromatic nitrogens is 2. The highest BCUT2D eigenvalue weighted by Crippen LogP contribution is 2.09. The van der Waals surface area contributed by atoms with Crippen LogP contribution in [-0.4, -0.2) is 27.1 Å². The summed E-state index contributed by atoms with van der Waals surface area (Å²) in [5.41, 5.74) is 0. The summed E-state index contributed by atoms with van der Waals surface area (Å²) < 4.78 is 0. The van der Waals surface area contributed by atoms with Crippen molar-refractivity contribution in [3.05, 3.63) is 24.3 Å². The Balaban J connectivity index is 2.14. The summed E-state index contributed by atoms with van der Waals surface area (Å²) in [5.74, 6) is -0.189. The Morgan fingerprint density at radius 1 is 1.33 bits per heavy atom. The smallest absolute Gasteiger partial charge is 0.306 e. The van der Waals surface area contributed by atoms with Crippen molar-refractivity contribution >= 4 is 5.97 Å². The lowest BCUT2D eigenvalue weighted by Crippen LogP contribution is -2.26. The molecule has 5 nitrogen and oxygen atoms in total. The fourth-order valence-electron chi connectivity index (χ4n) is 1.64. The Hall–Kier alpha value is -1.49. The first-order chi connectivity index (χ1) is 8.59. The number of hydrogen-bond acceptors (Lipinski definition) is 4. The second-order valence-corrected chi connectivity index (χ2v) is 4.62. The predicted octanol–water partition coefficient (Wildman–Crippen LogP) is 1.85. The van der Waals surface area contributed by atoms with Gasteiger partial charge in [-0.1, -0.05) is 13.3 Å². The quantitative estimate of drug-likeness (QED) is 0.737. The molecule has 2 unspecified atom stereocenters. The van der Waals surface area contributed by atoms with Gasteiger partial charge in [-0.05, 0) is 25.8 Å². The molecule has 1 aromatic heterocycles. The largest absolute Gasteiger partial charge is 0.481 e. The highest BCUT2D eigenvalue weighted by Gasteiger charge is 2.11. The molecule has 1 rings (SSSR count). The fourth-order valence-corrected chi connectivity index (χ4v) is 1.64. The number of carbonyl (C=O) groups is 1. The minimum atomic E-state index is -0.715. The van der Waals surface area contributed by atoms with E-state index < -0.39 is 5.97 Å². The summed E-state index contributed by atoms with van der Waals surface area (Å²) in [6.07, 6.45) is 6.05. The van der Waals surface area contributed by atoms with Crippen molar-refractivity contribution in [3.63, 3.8) is 0 Å². The number of hydrogen-bond donors (Lipinski definition) is 2. The predicted molar refractivity (Wildman–Crippen MR) is 69.0 cm³/mol. The molecule has 0 radical (unpaired) electrons. The minimum absolute atomic E-state index is 0.255. The molecule has 0 amide bonds. The van der Waals surface area contributed by atoms with Crippen LogP contribution in [0.4, 0.5) is 0 Å². The molecule has 5 heteroatoms. The Kier molecular flexibility index (Phi) is 6.28.